The molecule has 0 atom stereocenters. The standard InChI is InChI=1S/C19H29N7O3/c1-12(2)10-26-18(29)25(11-15(27)21-4)16(28)19(26)5-7-24(8-6-19)14-9-13(3)22-17(20)23-14/h9,12H,5-8,10-11H2,1-4H3,(H,21,27)(H2,20,22,23). The Bertz CT molecular complexity index is 798. The molecular weight excluding hydrogens is 374 g/mol. The van der Waals surface area contributed by atoms with Gasteiger partial charge in [-0.1, -0.05) is 13.8 Å². The van der Waals surface area contributed by atoms with Gasteiger partial charge < -0.3 is 20.9 Å². The quantitative estimate of drug-likeness (QED) is 0.681. The normalized spacial score (nSPS) is 18.9. The number of piperidine rings is 1. The van der Waals surface area contributed by atoms with Crippen molar-refractivity contribution in [3.05, 3.63) is 11.8 Å². The van der Waals surface area contributed by atoms with Gasteiger partial charge in [-0.3, -0.25) is 14.5 Å². The number of rotatable bonds is 5. The number of nitrogen functional groups attached to an aromatic ring is 1. The van der Waals surface area contributed by atoms with Crippen LogP contribution in [0.25, 0.3) is 0 Å². The fraction of sp³-hybridized carbons (Fsp3) is 0.632. The molecule has 3 heterocycles. The van der Waals surface area contributed by atoms with Crippen LogP contribution < -0.4 is 16.0 Å². The Morgan fingerprint density at radius 1 is 1.28 bits per heavy atom. The average Bonchev–Trinajstić information content (AvgIpc) is 2.84. The van der Waals surface area contributed by atoms with Gasteiger partial charge in [0.2, 0.25) is 11.9 Å². The Morgan fingerprint density at radius 3 is 2.48 bits per heavy atom. The minimum atomic E-state index is -0.917. The van der Waals surface area contributed by atoms with E-state index in [2.05, 4.69) is 20.2 Å². The van der Waals surface area contributed by atoms with Gasteiger partial charge in [-0.2, -0.15) is 4.98 Å². The second-order valence-electron chi connectivity index (χ2n) is 8.10. The fourth-order valence-electron chi connectivity index (χ4n) is 4.09. The molecule has 0 aliphatic carbocycles. The third kappa shape index (κ3) is 3.83. The molecule has 158 valence electrons. The molecular formula is C19H29N7O3. The van der Waals surface area contributed by atoms with Gasteiger partial charge in [-0.25, -0.2) is 9.78 Å². The molecule has 3 rings (SSSR count). The Labute approximate surface area is 170 Å². The van der Waals surface area contributed by atoms with Crippen LogP contribution in [0.1, 0.15) is 32.4 Å². The predicted molar refractivity (Wildman–Crippen MR) is 108 cm³/mol. The van der Waals surface area contributed by atoms with Crippen molar-refractivity contribution in [3.8, 4) is 0 Å². The molecule has 3 N–H and O–H groups in total. The van der Waals surface area contributed by atoms with E-state index in [1.54, 1.807) is 4.90 Å². The van der Waals surface area contributed by atoms with Crippen molar-refractivity contribution in [3.63, 3.8) is 0 Å². The van der Waals surface area contributed by atoms with E-state index in [1.807, 2.05) is 26.8 Å². The largest absolute Gasteiger partial charge is 0.368 e. The molecule has 0 radical (unpaired) electrons. The molecule has 2 aliphatic heterocycles. The van der Waals surface area contributed by atoms with Crippen molar-refractivity contribution in [1.82, 2.24) is 25.1 Å². The van der Waals surface area contributed by atoms with E-state index in [0.717, 1.165) is 16.4 Å². The summed E-state index contributed by atoms with van der Waals surface area (Å²) in [5.74, 6) is 0.484. The van der Waals surface area contributed by atoms with Crippen LogP contribution in [0.4, 0.5) is 16.6 Å². The number of aryl methyl sites for hydroxylation is 1. The summed E-state index contributed by atoms with van der Waals surface area (Å²) in [5.41, 5.74) is 5.64. The number of nitrogens with two attached hydrogens (primary N) is 1. The number of amides is 4. The summed E-state index contributed by atoms with van der Waals surface area (Å²) in [4.78, 5) is 51.4. The molecule has 0 unspecified atom stereocenters. The number of imide groups is 1. The highest BCUT2D eigenvalue weighted by molar-refractivity contribution is 6.09. The number of nitrogens with zero attached hydrogens (tertiary/aromatic N) is 5. The van der Waals surface area contributed by atoms with Crippen LogP contribution in [0.15, 0.2) is 6.07 Å². The molecule has 10 heteroatoms. The molecule has 10 nitrogen and oxygen atoms in total. The first-order chi connectivity index (χ1) is 13.7. The molecule has 2 saturated heterocycles. The summed E-state index contributed by atoms with van der Waals surface area (Å²) in [6, 6.07) is 1.47. The second-order valence-corrected chi connectivity index (χ2v) is 8.10. The average molecular weight is 403 g/mol. The zero-order valence-corrected chi connectivity index (χ0v) is 17.4. The number of anilines is 2. The molecule has 1 aromatic rings. The Hall–Kier alpha value is -2.91. The summed E-state index contributed by atoms with van der Waals surface area (Å²) in [5, 5.41) is 2.48. The summed E-state index contributed by atoms with van der Waals surface area (Å²) < 4.78 is 0. The van der Waals surface area contributed by atoms with Crippen LogP contribution in [-0.4, -0.2) is 76.4 Å². The maximum atomic E-state index is 13.3. The minimum Gasteiger partial charge on any atom is -0.368 e. The number of aromatic nitrogens is 2. The Kier molecular flexibility index (Phi) is 5.63. The number of carbonyl (C=O) groups excluding carboxylic acids is 3. The molecule has 29 heavy (non-hydrogen) atoms. The summed E-state index contributed by atoms with van der Waals surface area (Å²) in [7, 11) is 1.49. The lowest BCUT2D eigenvalue weighted by atomic mass is 9.85. The van der Waals surface area contributed by atoms with Crippen molar-refractivity contribution in [2.24, 2.45) is 5.92 Å². The van der Waals surface area contributed by atoms with Crippen LogP contribution >= 0.6 is 0 Å². The highest BCUT2D eigenvalue weighted by Crippen LogP contribution is 2.38. The van der Waals surface area contributed by atoms with E-state index in [-0.39, 0.29) is 36.3 Å². The van der Waals surface area contributed by atoms with Gasteiger partial charge in [-0.05, 0) is 25.7 Å². The summed E-state index contributed by atoms with van der Waals surface area (Å²) in [6.45, 7) is 7.19. The van der Waals surface area contributed by atoms with Gasteiger partial charge in [0.1, 0.15) is 17.9 Å². The highest BCUT2D eigenvalue weighted by Gasteiger charge is 2.58. The molecule has 0 saturated carbocycles. The summed E-state index contributed by atoms with van der Waals surface area (Å²) >= 11 is 0. The molecule has 2 fully saturated rings. The minimum absolute atomic E-state index is 0.200. The second kappa shape index (κ2) is 7.84. The number of carbonyl (C=O) groups is 3. The van der Waals surface area contributed by atoms with E-state index in [4.69, 9.17) is 5.73 Å². The SMILES string of the molecule is CNC(=O)CN1C(=O)N(CC(C)C)C2(CCN(c3cc(C)nc(N)n3)CC2)C1=O. The van der Waals surface area contributed by atoms with Gasteiger partial charge in [-0.15, -0.1) is 0 Å². The third-order valence-electron chi connectivity index (χ3n) is 5.52. The van der Waals surface area contributed by atoms with Crippen LogP contribution in [0.2, 0.25) is 0 Å². The molecule has 0 bridgehead atoms. The van der Waals surface area contributed by atoms with Crippen LogP contribution in [0.3, 0.4) is 0 Å². The predicted octanol–water partition coefficient (Wildman–Crippen LogP) is 0.372. The maximum absolute atomic E-state index is 13.3. The molecule has 1 spiro atoms. The third-order valence-corrected chi connectivity index (χ3v) is 5.52. The lowest BCUT2D eigenvalue weighted by molar-refractivity contribution is -0.137. The molecule has 4 amide bonds. The van der Waals surface area contributed by atoms with E-state index in [1.165, 1.54) is 7.05 Å². The van der Waals surface area contributed by atoms with Crippen molar-refractivity contribution in [2.45, 2.75) is 39.2 Å². The number of urea groups is 1. The molecule has 1 aromatic heterocycles. The van der Waals surface area contributed by atoms with Gasteiger partial charge in [0.15, 0.2) is 0 Å². The first-order valence-electron chi connectivity index (χ1n) is 9.88. The van der Waals surface area contributed by atoms with E-state index in [0.29, 0.717) is 32.5 Å². The van der Waals surface area contributed by atoms with Crippen molar-refractivity contribution >= 4 is 29.6 Å². The van der Waals surface area contributed by atoms with Crippen molar-refractivity contribution < 1.29 is 14.4 Å². The zero-order valence-electron chi connectivity index (χ0n) is 17.4. The lowest BCUT2D eigenvalue weighted by Gasteiger charge is -2.43. The van der Waals surface area contributed by atoms with Crippen LogP contribution in [-0.2, 0) is 9.59 Å². The van der Waals surface area contributed by atoms with E-state index < -0.39 is 5.54 Å². The molecule has 0 aromatic carbocycles. The topological polar surface area (TPSA) is 125 Å². The van der Waals surface area contributed by atoms with Gasteiger partial charge >= 0.3 is 6.03 Å². The highest BCUT2D eigenvalue weighted by atomic mass is 16.2. The molecule has 2 aliphatic rings. The Morgan fingerprint density at radius 2 is 1.93 bits per heavy atom. The van der Waals surface area contributed by atoms with Crippen LogP contribution in [0, 0.1) is 12.8 Å². The smallest absolute Gasteiger partial charge is 0.328 e. The fourth-order valence-corrected chi connectivity index (χ4v) is 4.09. The van der Waals surface area contributed by atoms with Gasteiger partial charge in [0, 0.05) is 38.4 Å². The monoisotopic (exact) mass is 403 g/mol. The van der Waals surface area contributed by atoms with E-state index >= 15 is 0 Å². The van der Waals surface area contributed by atoms with Gasteiger partial charge in [0.05, 0.1) is 0 Å². The number of hydrogen-bond donors (Lipinski definition) is 2. The lowest BCUT2D eigenvalue weighted by Crippen LogP contribution is -2.57. The zero-order chi connectivity index (χ0) is 21.3. The number of likely N-dealkylation sites (N-methyl/N-ethyl adjacent to an activating group) is 1. The van der Waals surface area contributed by atoms with Gasteiger partial charge in [0.25, 0.3) is 5.91 Å². The maximum Gasteiger partial charge on any atom is 0.328 e. The number of nitrogens with one attached hydrogen (secondary N) is 1. The van der Waals surface area contributed by atoms with Crippen molar-refractivity contribution in [1.29, 1.82) is 0 Å². The van der Waals surface area contributed by atoms with E-state index in [9.17, 15) is 14.4 Å². The first-order valence-corrected chi connectivity index (χ1v) is 9.88. The van der Waals surface area contributed by atoms with Crippen LogP contribution in [0.5, 0.6) is 0 Å². The van der Waals surface area contributed by atoms with Crippen molar-refractivity contribution in [2.75, 3.05) is 43.9 Å². The summed E-state index contributed by atoms with van der Waals surface area (Å²) in [6.07, 6.45) is 0.939. The first kappa shape index (κ1) is 20.8. The number of hydrogen-bond acceptors (Lipinski definition) is 7. The Balaban J connectivity index is 1.85.